The third kappa shape index (κ3) is 4.85. The minimum Gasteiger partial charge on any atom is -0.497 e. The molecule has 0 atom stereocenters. The maximum Gasteiger partial charge on any atom is 0.303 e. The highest BCUT2D eigenvalue weighted by molar-refractivity contribution is 8.26. The van der Waals surface area contributed by atoms with Crippen molar-refractivity contribution in [1.82, 2.24) is 4.90 Å². The van der Waals surface area contributed by atoms with Crippen molar-refractivity contribution in [3.63, 3.8) is 0 Å². The van der Waals surface area contributed by atoms with Crippen LogP contribution >= 0.6 is 24.0 Å². The van der Waals surface area contributed by atoms with E-state index in [1.54, 1.807) is 12.0 Å². The van der Waals surface area contributed by atoms with E-state index in [2.05, 4.69) is 0 Å². The maximum absolute atomic E-state index is 13.6. The van der Waals surface area contributed by atoms with Crippen LogP contribution in [0.25, 0.3) is 5.57 Å². The Morgan fingerprint density at radius 3 is 2.44 bits per heavy atom. The van der Waals surface area contributed by atoms with E-state index < -0.39 is 5.97 Å². The second-order valence-electron chi connectivity index (χ2n) is 7.99. The Labute approximate surface area is 207 Å². The van der Waals surface area contributed by atoms with Crippen LogP contribution in [-0.4, -0.2) is 45.8 Å². The lowest BCUT2D eigenvalue weighted by Crippen LogP contribution is -2.30. The first kappa shape index (κ1) is 24.0. The molecule has 2 aliphatic rings. The van der Waals surface area contributed by atoms with Gasteiger partial charge in [0.15, 0.2) is 0 Å². The van der Waals surface area contributed by atoms with Crippen LogP contribution in [0.3, 0.4) is 0 Å². The van der Waals surface area contributed by atoms with Gasteiger partial charge in [-0.3, -0.25) is 19.3 Å². The average molecular weight is 497 g/mol. The molecule has 176 valence electrons. The first-order valence-electron chi connectivity index (χ1n) is 10.9. The van der Waals surface area contributed by atoms with Crippen molar-refractivity contribution in [2.24, 2.45) is 0 Å². The first-order chi connectivity index (χ1) is 16.4. The number of methoxy groups -OCH3 is 1. The fraction of sp³-hybridized carbons (Fsp3) is 0.280. The summed E-state index contributed by atoms with van der Waals surface area (Å²) in [6.07, 6.45) is 2.00. The van der Waals surface area contributed by atoms with Gasteiger partial charge in [-0.2, -0.15) is 0 Å². The molecule has 2 aromatic rings. The van der Waals surface area contributed by atoms with Crippen molar-refractivity contribution in [2.45, 2.75) is 32.2 Å². The van der Waals surface area contributed by atoms with E-state index in [0.29, 0.717) is 47.2 Å². The number of ether oxygens (including phenoxy) is 1. The Hall–Kier alpha value is -3.17. The zero-order chi connectivity index (χ0) is 24.2. The lowest BCUT2D eigenvalue weighted by molar-refractivity contribution is -0.137. The molecule has 0 aromatic heterocycles. The van der Waals surface area contributed by atoms with Gasteiger partial charge in [-0.25, -0.2) is 0 Å². The van der Waals surface area contributed by atoms with Crippen LogP contribution in [0.15, 0.2) is 53.4 Å². The molecule has 9 heteroatoms. The quantitative estimate of drug-likeness (QED) is 0.312. The lowest BCUT2D eigenvalue weighted by Gasteiger charge is -2.17. The third-order valence-corrected chi connectivity index (χ3v) is 7.22. The fourth-order valence-electron chi connectivity index (χ4n) is 4.04. The van der Waals surface area contributed by atoms with Gasteiger partial charge in [-0.1, -0.05) is 60.7 Å². The number of unbranched alkanes of at least 4 members (excludes halogenated alkanes) is 2. The van der Waals surface area contributed by atoms with Crippen LogP contribution in [0.1, 0.15) is 36.8 Å². The molecule has 4 rings (SSSR count). The van der Waals surface area contributed by atoms with Crippen molar-refractivity contribution >= 4 is 57.3 Å². The van der Waals surface area contributed by atoms with Gasteiger partial charge in [-0.15, -0.1) is 0 Å². The molecule has 1 fully saturated rings. The molecular weight excluding hydrogens is 472 g/mol. The Morgan fingerprint density at radius 1 is 1.00 bits per heavy atom. The number of benzene rings is 2. The molecule has 2 amide bonds. The van der Waals surface area contributed by atoms with Crippen LogP contribution in [-0.2, 0) is 20.9 Å². The number of nitrogens with zero attached hydrogens (tertiary/aromatic N) is 2. The van der Waals surface area contributed by atoms with Crippen LogP contribution in [0.2, 0.25) is 0 Å². The van der Waals surface area contributed by atoms with Crippen molar-refractivity contribution in [3.05, 3.63) is 64.6 Å². The summed E-state index contributed by atoms with van der Waals surface area (Å²) >= 11 is 6.61. The van der Waals surface area contributed by atoms with Gasteiger partial charge in [-0.05, 0) is 36.6 Å². The topological polar surface area (TPSA) is 87.2 Å². The van der Waals surface area contributed by atoms with Crippen LogP contribution < -0.4 is 9.64 Å². The standard InChI is InChI=1S/C25H24N2O5S2/c1-32-17-12-10-16(11-13-17)15-27-19-8-5-4-7-18(19)21(23(27)30)22-24(31)26(25(33)34-22)14-6-2-3-9-20(28)29/h4-5,7-8,10-13H,2-3,6,9,14-15H2,1H3,(H,28,29)/b22-21-. The molecule has 1 N–H and O–H groups in total. The summed E-state index contributed by atoms with van der Waals surface area (Å²) in [7, 11) is 1.60. The summed E-state index contributed by atoms with van der Waals surface area (Å²) in [4.78, 5) is 41.0. The Kier molecular flexibility index (Phi) is 7.33. The van der Waals surface area contributed by atoms with E-state index in [0.717, 1.165) is 34.3 Å². The van der Waals surface area contributed by atoms with E-state index in [1.165, 1.54) is 4.90 Å². The van der Waals surface area contributed by atoms with Crippen LogP contribution in [0.4, 0.5) is 5.69 Å². The minimum absolute atomic E-state index is 0.109. The molecule has 0 spiro atoms. The SMILES string of the molecule is COc1ccc(CN2C(=O)/C(=C3\SC(=S)N(CCCCCC(=O)O)C3=O)c3ccccc32)cc1. The van der Waals surface area contributed by atoms with E-state index in [4.69, 9.17) is 22.1 Å². The molecule has 1 saturated heterocycles. The summed E-state index contributed by atoms with van der Waals surface area (Å²) in [5, 5.41) is 8.77. The number of carboxylic acid groups (broad SMARTS) is 1. The molecule has 0 bridgehead atoms. The van der Waals surface area contributed by atoms with Gasteiger partial charge < -0.3 is 14.7 Å². The number of para-hydroxylation sites is 1. The number of hydrogen-bond acceptors (Lipinski definition) is 6. The highest BCUT2D eigenvalue weighted by atomic mass is 32.2. The Bertz CT molecular complexity index is 1180. The maximum atomic E-state index is 13.6. The number of anilines is 1. The van der Waals surface area contributed by atoms with E-state index in [-0.39, 0.29) is 18.2 Å². The van der Waals surface area contributed by atoms with Crippen LogP contribution in [0, 0.1) is 0 Å². The summed E-state index contributed by atoms with van der Waals surface area (Å²) in [5.74, 6) is -0.575. The van der Waals surface area contributed by atoms with Crippen molar-refractivity contribution in [3.8, 4) is 5.75 Å². The molecule has 0 radical (unpaired) electrons. The largest absolute Gasteiger partial charge is 0.497 e. The molecule has 0 saturated carbocycles. The molecule has 2 aliphatic heterocycles. The van der Waals surface area contributed by atoms with Crippen molar-refractivity contribution < 1.29 is 24.2 Å². The molecule has 0 aliphatic carbocycles. The lowest BCUT2D eigenvalue weighted by atomic mass is 10.1. The summed E-state index contributed by atoms with van der Waals surface area (Å²) in [5.41, 5.74) is 2.81. The number of carbonyl (C=O) groups is 3. The predicted octanol–water partition coefficient (Wildman–Crippen LogP) is 4.46. The van der Waals surface area contributed by atoms with Crippen LogP contribution in [0.5, 0.6) is 5.75 Å². The third-order valence-electron chi connectivity index (χ3n) is 5.77. The smallest absolute Gasteiger partial charge is 0.303 e. The minimum atomic E-state index is -0.826. The van der Waals surface area contributed by atoms with E-state index >= 15 is 0 Å². The molecule has 2 aromatic carbocycles. The highest BCUT2D eigenvalue weighted by Crippen LogP contribution is 2.45. The molecule has 34 heavy (non-hydrogen) atoms. The molecule has 0 unspecified atom stereocenters. The number of thioether (sulfide) groups is 1. The van der Waals surface area contributed by atoms with E-state index in [1.807, 2.05) is 48.5 Å². The van der Waals surface area contributed by atoms with Gasteiger partial charge in [0.2, 0.25) is 0 Å². The normalized spacial score (nSPS) is 17.5. The number of carboxylic acids is 1. The summed E-state index contributed by atoms with van der Waals surface area (Å²) in [6.45, 7) is 0.777. The average Bonchev–Trinajstić information content (AvgIpc) is 3.26. The zero-order valence-corrected chi connectivity index (χ0v) is 20.3. The second-order valence-corrected chi connectivity index (χ2v) is 9.63. The Morgan fingerprint density at radius 2 is 1.74 bits per heavy atom. The number of thiocarbonyl (C=S) groups is 1. The zero-order valence-electron chi connectivity index (χ0n) is 18.7. The predicted molar refractivity (Wildman–Crippen MR) is 136 cm³/mol. The summed E-state index contributed by atoms with van der Waals surface area (Å²) in [6, 6.07) is 15.0. The number of hydrogen-bond donors (Lipinski definition) is 1. The number of rotatable bonds is 9. The number of aliphatic carboxylic acids is 1. The van der Waals surface area contributed by atoms with Gasteiger partial charge in [0.05, 0.1) is 29.8 Å². The molecular formula is C25H24N2O5S2. The van der Waals surface area contributed by atoms with Gasteiger partial charge in [0, 0.05) is 18.5 Å². The number of carbonyl (C=O) groups excluding carboxylic acids is 2. The van der Waals surface area contributed by atoms with E-state index in [9.17, 15) is 14.4 Å². The number of amides is 2. The first-order valence-corrected chi connectivity index (χ1v) is 12.2. The Balaban J connectivity index is 1.56. The van der Waals surface area contributed by atoms with Gasteiger partial charge >= 0.3 is 5.97 Å². The second kappa shape index (κ2) is 10.4. The number of fused-ring (bicyclic) bond motifs is 1. The fourth-order valence-corrected chi connectivity index (χ4v) is 5.42. The van der Waals surface area contributed by atoms with Gasteiger partial charge in [0.1, 0.15) is 10.1 Å². The summed E-state index contributed by atoms with van der Waals surface area (Å²) < 4.78 is 5.63. The monoisotopic (exact) mass is 496 g/mol. The van der Waals surface area contributed by atoms with Crippen molar-refractivity contribution in [2.75, 3.05) is 18.6 Å². The van der Waals surface area contributed by atoms with Crippen molar-refractivity contribution in [1.29, 1.82) is 0 Å². The molecule has 2 heterocycles. The molecule has 7 nitrogen and oxygen atoms in total. The van der Waals surface area contributed by atoms with Gasteiger partial charge in [0.25, 0.3) is 11.8 Å². The highest BCUT2D eigenvalue weighted by Gasteiger charge is 2.41.